The van der Waals surface area contributed by atoms with Gasteiger partial charge >= 0.3 is 0 Å². The van der Waals surface area contributed by atoms with E-state index in [2.05, 4.69) is 9.88 Å². The predicted octanol–water partition coefficient (Wildman–Crippen LogP) is 4.76. The fourth-order valence-corrected chi connectivity index (χ4v) is 3.81. The van der Waals surface area contributed by atoms with Crippen LogP contribution in [0.25, 0.3) is 10.2 Å². The normalized spacial score (nSPS) is 10.9. The molecular formula is C20H23ClFN3OS. The van der Waals surface area contributed by atoms with Crippen LogP contribution in [0.5, 0.6) is 0 Å². The van der Waals surface area contributed by atoms with Gasteiger partial charge in [-0.15, -0.1) is 12.4 Å². The minimum atomic E-state index is -0.360. The molecule has 144 valence electrons. The molecular weight excluding hydrogens is 385 g/mol. The number of carbonyl (C=O) groups excluding carboxylic acids is 1. The quantitative estimate of drug-likeness (QED) is 0.590. The van der Waals surface area contributed by atoms with Crippen LogP contribution < -0.4 is 4.90 Å². The third-order valence-electron chi connectivity index (χ3n) is 4.20. The first-order valence-electron chi connectivity index (χ1n) is 8.54. The number of nitrogens with zero attached hydrogens (tertiary/aromatic N) is 3. The molecule has 1 amide bonds. The lowest BCUT2D eigenvalue weighted by Gasteiger charge is -2.21. The van der Waals surface area contributed by atoms with Gasteiger partial charge in [-0.25, -0.2) is 9.37 Å². The van der Waals surface area contributed by atoms with Crippen LogP contribution in [0.1, 0.15) is 22.3 Å². The topological polar surface area (TPSA) is 36.4 Å². The molecule has 1 aromatic heterocycles. The van der Waals surface area contributed by atoms with Gasteiger partial charge in [-0.2, -0.15) is 0 Å². The van der Waals surface area contributed by atoms with Crippen molar-refractivity contribution in [1.29, 1.82) is 0 Å². The van der Waals surface area contributed by atoms with Gasteiger partial charge in [0.05, 0.1) is 4.70 Å². The lowest BCUT2D eigenvalue weighted by Crippen LogP contribution is -2.33. The van der Waals surface area contributed by atoms with Gasteiger partial charge in [-0.3, -0.25) is 9.69 Å². The second-order valence-corrected chi connectivity index (χ2v) is 7.52. The van der Waals surface area contributed by atoms with Gasteiger partial charge < -0.3 is 4.90 Å². The summed E-state index contributed by atoms with van der Waals surface area (Å²) in [5.74, 6) is -0.456. The number of anilines is 1. The van der Waals surface area contributed by atoms with Crippen molar-refractivity contribution in [3.8, 4) is 0 Å². The summed E-state index contributed by atoms with van der Waals surface area (Å²) in [5.41, 5.74) is 1.89. The van der Waals surface area contributed by atoms with E-state index < -0.39 is 0 Å². The number of hydrogen-bond acceptors (Lipinski definition) is 4. The largest absolute Gasteiger partial charge is 0.309 e. The Balaban J connectivity index is 0.00000261. The van der Waals surface area contributed by atoms with Crippen molar-refractivity contribution in [3.05, 3.63) is 59.4 Å². The molecule has 7 heteroatoms. The molecule has 0 spiro atoms. The molecule has 0 atom stereocenters. The average Bonchev–Trinajstić information content (AvgIpc) is 3.03. The summed E-state index contributed by atoms with van der Waals surface area (Å²) in [6, 6.07) is 12.4. The fourth-order valence-electron chi connectivity index (χ4n) is 2.81. The first-order valence-corrected chi connectivity index (χ1v) is 9.36. The number of benzene rings is 2. The summed E-state index contributed by atoms with van der Waals surface area (Å²) in [6.07, 6.45) is 0.809. The molecule has 0 radical (unpaired) electrons. The van der Waals surface area contributed by atoms with E-state index in [1.807, 2.05) is 51.4 Å². The fraction of sp³-hybridized carbons (Fsp3) is 0.300. The molecule has 0 N–H and O–H groups in total. The van der Waals surface area contributed by atoms with E-state index in [4.69, 9.17) is 0 Å². The number of carbonyl (C=O) groups is 1. The van der Waals surface area contributed by atoms with E-state index in [0.29, 0.717) is 22.8 Å². The molecule has 0 aliphatic rings. The van der Waals surface area contributed by atoms with Gasteiger partial charge in [0.1, 0.15) is 11.3 Å². The van der Waals surface area contributed by atoms with E-state index in [9.17, 15) is 9.18 Å². The van der Waals surface area contributed by atoms with Gasteiger partial charge in [-0.1, -0.05) is 35.6 Å². The third kappa shape index (κ3) is 4.83. The zero-order valence-corrected chi connectivity index (χ0v) is 17.2. The van der Waals surface area contributed by atoms with Gasteiger partial charge in [-0.05, 0) is 57.7 Å². The Morgan fingerprint density at radius 1 is 1.11 bits per heavy atom. The number of halogens is 2. The van der Waals surface area contributed by atoms with E-state index >= 15 is 0 Å². The number of thiazole rings is 1. The van der Waals surface area contributed by atoms with Crippen molar-refractivity contribution in [2.24, 2.45) is 0 Å². The summed E-state index contributed by atoms with van der Waals surface area (Å²) in [4.78, 5) is 21.4. The molecule has 0 aliphatic carbocycles. The molecule has 0 unspecified atom stereocenters. The van der Waals surface area contributed by atoms with Crippen LogP contribution >= 0.6 is 23.7 Å². The van der Waals surface area contributed by atoms with Gasteiger partial charge in [0, 0.05) is 12.1 Å². The number of fused-ring (bicyclic) bond motifs is 1. The van der Waals surface area contributed by atoms with Crippen molar-refractivity contribution in [3.63, 3.8) is 0 Å². The zero-order chi connectivity index (χ0) is 18.7. The second kappa shape index (κ2) is 9.26. The Bertz CT molecular complexity index is 928. The lowest BCUT2D eigenvalue weighted by atomic mass is 10.1. The Morgan fingerprint density at radius 2 is 1.85 bits per heavy atom. The SMILES string of the molecule is Cc1ccccc1C(=O)N(CCCN(C)C)c1nc2c(F)cccc2s1.Cl. The summed E-state index contributed by atoms with van der Waals surface area (Å²) in [5, 5.41) is 0.539. The van der Waals surface area contributed by atoms with Crippen LogP contribution in [-0.4, -0.2) is 43.0 Å². The lowest BCUT2D eigenvalue weighted by molar-refractivity contribution is 0.0985. The van der Waals surface area contributed by atoms with Crippen LogP contribution in [0.15, 0.2) is 42.5 Å². The molecule has 0 aliphatic heterocycles. The van der Waals surface area contributed by atoms with Crippen molar-refractivity contribution in [2.45, 2.75) is 13.3 Å². The monoisotopic (exact) mass is 407 g/mol. The highest BCUT2D eigenvalue weighted by Crippen LogP contribution is 2.31. The van der Waals surface area contributed by atoms with Crippen LogP contribution in [0.2, 0.25) is 0 Å². The molecule has 0 bridgehead atoms. The highest BCUT2D eigenvalue weighted by molar-refractivity contribution is 7.22. The highest BCUT2D eigenvalue weighted by atomic mass is 35.5. The van der Waals surface area contributed by atoms with Gasteiger partial charge in [0.2, 0.25) is 0 Å². The standard InChI is InChI=1S/C20H22FN3OS.ClH/c1-14-8-4-5-9-15(14)19(25)24(13-7-12-23(2)3)20-22-18-16(21)10-6-11-17(18)26-20;/h4-6,8-11H,7,12-13H2,1-3H3;1H. The minimum Gasteiger partial charge on any atom is -0.309 e. The van der Waals surface area contributed by atoms with Gasteiger partial charge in [0.25, 0.3) is 5.91 Å². The molecule has 3 aromatic rings. The summed E-state index contributed by atoms with van der Waals surface area (Å²) >= 11 is 1.35. The van der Waals surface area contributed by atoms with E-state index in [1.54, 1.807) is 11.0 Å². The third-order valence-corrected chi connectivity index (χ3v) is 5.24. The smallest absolute Gasteiger partial charge is 0.260 e. The number of hydrogen-bond donors (Lipinski definition) is 0. The molecule has 27 heavy (non-hydrogen) atoms. The Morgan fingerprint density at radius 3 is 2.52 bits per heavy atom. The second-order valence-electron chi connectivity index (χ2n) is 6.51. The maximum absolute atomic E-state index is 14.0. The van der Waals surface area contributed by atoms with Crippen molar-refractivity contribution in [1.82, 2.24) is 9.88 Å². The molecule has 1 heterocycles. The number of aromatic nitrogens is 1. The minimum absolute atomic E-state index is 0. The number of amides is 1. The van der Waals surface area contributed by atoms with E-state index in [1.165, 1.54) is 17.4 Å². The maximum atomic E-state index is 14.0. The van der Waals surface area contributed by atoms with Crippen molar-refractivity contribution in [2.75, 3.05) is 32.1 Å². The zero-order valence-electron chi connectivity index (χ0n) is 15.6. The van der Waals surface area contributed by atoms with E-state index in [0.717, 1.165) is 23.2 Å². The first kappa shape index (κ1) is 21.3. The Hall–Kier alpha value is -2.02. The molecule has 0 saturated heterocycles. The van der Waals surface area contributed by atoms with Crippen molar-refractivity contribution < 1.29 is 9.18 Å². The first-order chi connectivity index (χ1) is 12.5. The average molecular weight is 408 g/mol. The summed E-state index contributed by atoms with van der Waals surface area (Å²) in [7, 11) is 4.00. The van der Waals surface area contributed by atoms with Crippen LogP contribution in [0.3, 0.4) is 0 Å². The van der Waals surface area contributed by atoms with Crippen molar-refractivity contribution >= 4 is 45.0 Å². The summed E-state index contributed by atoms with van der Waals surface area (Å²) in [6.45, 7) is 3.31. The number of aryl methyl sites for hydroxylation is 1. The van der Waals surface area contributed by atoms with Gasteiger partial charge in [0.15, 0.2) is 5.13 Å². The molecule has 0 fully saturated rings. The number of rotatable bonds is 6. The molecule has 4 nitrogen and oxygen atoms in total. The highest BCUT2D eigenvalue weighted by Gasteiger charge is 2.22. The molecule has 2 aromatic carbocycles. The predicted molar refractivity (Wildman–Crippen MR) is 113 cm³/mol. The molecule has 3 rings (SSSR count). The maximum Gasteiger partial charge on any atom is 0.260 e. The van der Waals surface area contributed by atoms with Crippen LogP contribution in [0, 0.1) is 12.7 Å². The summed E-state index contributed by atoms with van der Waals surface area (Å²) < 4.78 is 14.8. The number of para-hydroxylation sites is 1. The van der Waals surface area contributed by atoms with Crippen LogP contribution in [-0.2, 0) is 0 Å². The molecule has 0 saturated carbocycles. The Labute approximate surface area is 169 Å². The Kier molecular flexibility index (Phi) is 7.30. The van der Waals surface area contributed by atoms with Crippen LogP contribution in [0.4, 0.5) is 9.52 Å². The van der Waals surface area contributed by atoms with E-state index in [-0.39, 0.29) is 24.1 Å².